The van der Waals surface area contributed by atoms with Crippen LogP contribution in [0.2, 0.25) is 5.54 Å². The molecule has 0 aromatic rings. The van der Waals surface area contributed by atoms with Crippen molar-refractivity contribution in [2.24, 2.45) is 11.8 Å². The predicted octanol–water partition coefficient (Wildman–Crippen LogP) is 1.62. The molecule has 0 amide bonds. The first-order valence-corrected chi connectivity index (χ1v) is 6.47. The van der Waals surface area contributed by atoms with E-state index in [1.165, 1.54) is 24.8 Å². The average Bonchev–Trinajstić information content (AvgIpc) is 2.60. The summed E-state index contributed by atoms with van der Waals surface area (Å²) in [4.78, 5) is 9.41. The number of hydrogen-bond donors (Lipinski definition) is 1. The minimum Gasteiger partial charge on any atom is -0.438 e. The second kappa shape index (κ2) is 3.00. The van der Waals surface area contributed by atoms with E-state index in [9.17, 15) is 4.80 Å². The number of hydrogen-bond acceptors (Lipinski definition) is 1. The quantitative estimate of drug-likeness (QED) is 0.482. The SMILES string of the molecule is CC(C)=C1C2CCC(C2)C1[SiH2]O. The molecule has 0 saturated heterocycles. The Morgan fingerprint density at radius 1 is 1.42 bits per heavy atom. The molecule has 0 spiro atoms. The van der Waals surface area contributed by atoms with E-state index < -0.39 is 9.76 Å². The Labute approximate surface area is 76.8 Å². The van der Waals surface area contributed by atoms with Crippen molar-refractivity contribution in [3.63, 3.8) is 0 Å². The summed E-state index contributed by atoms with van der Waals surface area (Å²) in [6.45, 7) is 4.43. The van der Waals surface area contributed by atoms with Crippen LogP contribution in [0, 0.1) is 11.8 Å². The molecular weight excluding hydrogens is 164 g/mol. The first kappa shape index (κ1) is 8.51. The summed E-state index contributed by atoms with van der Waals surface area (Å²) in [6.07, 6.45) is 4.18. The fraction of sp³-hybridized carbons (Fsp3) is 0.800. The van der Waals surface area contributed by atoms with Gasteiger partial charge in [0, 0.05) is 0 Å². The van der Waals surface area contributed by atoms with Gasteiger partial charge >= 0.3 is 0 Å². The minimum absolute atomic E-state index is 0.661. The summed E-state index contributed by atoms with van der Waals surface area (Å²) in [5.74, 6) is 1.74. The van der Waals surface area contributed by atoms with E-state index >= 15 is 0 Å². The highest BCUT2D eigenvalue weighted by Crippen LogP contribution is 2.55. The van der Waals surface area contributed by atoms with Gasteiger partial charge in [-0.15, -0.1) is 0 Å². The molecule has 0 heterocycles. The first-order valence-electron chi connectivity index (χ1n) is 5.02. The van der Waals surface area contributed by atoms with Crippen molar-refractivity contribution < 1.29 is 4.80 Å². The maximum atomic E-state index is 9.41. The molecule has 2 aliphatic rings. The molecule has 1 nitrogen and oxygen atoms in total. The smallest absolute Gasteiger partial charge is 0.164 e. The number of fused-ring (bicyclic) bond motifs is 2. The lowest BCUT2D eigenvalue weighted by Gasteiger charge is -2.24. The largest absolute Gasteiger partial charge is 0.438 e. The van der Waals surface area contributed by atoms with E-state index in [-0.39, 0.29) is 0 Å². The van der Waals surface area contributed by atoms with E-state index in [1.54, 1.807) is 5.57 Å². The standard InChI is InChI=1S/C10H18OSi/c1-6(2)9-7-3-4-8(5-7)10(9)12-11/h7-8,10-11H,3-5,12H2,1-2H3. The van der Waals surface area contributed by atoms with Crippen molar-refractivity contribution in [2.75, 3.05) is 0 Å². The van der Waals surface area contributed by atoms with Crippen LogP contribution in [0.4, 0.5) is 0 Å². The Hall–Kier alpha value is -0.0831. The van der Waals surface area contributed by atoms with E-state index in [4.69, 9.17) is 0 Å². The van der Waals surface area contributed by atoms with Crippen LogP contribution in [0.3, 0.4) is 0 Å². The van der Waals surface area contributed by atoms with Crippen molar-refractivity contribution >= 4 is 9.76 Å². The molecule has 2 aliphatic carbocycles. The van der Waals surface area contributed by atoms with Crippen LogP contribution >= 0.6 is 0 Å². The average molecular weight is 182 g/mol. The van der Waals surface area contributed by atoms with Gasteiger partial charge in [-0.3, -0.25) is 0 Å². The minimum atomic E-state index is -0.786. The topological polar surface area (TPSA) is 20.2 Å². The molecule has 2 saturated carbocycles. The molecule has 3 atom stereocenters. The van der Waals surface area contributed by atoms with Crippen LogP contribution in [0.5, 0.6) is 0 Å². The first-order chi connectivity index (χ1) is 5.74. The Kier molecular flexibility index (Phi) is 2.13. The lowest BCUT2D eigenvalue weighted by atomic mass is 9.91. The molecule has 2 bridgehead atoms. The number of allylic oxidation sites excluding steroid dienone is 2. The Bertz CT molecular complexity index is 218. The zero-order chi connectivity index (χ0) is 8.72. The summed E-state index contributed by atoms with van der Waals surface area (Å²) in [5, 5.41) is 0. The van der Waals surface area contributed by atoms with Gasteiger partial charge in [0.2, 0.25) is 0 Å². The summed E-state index contributed by atoms with van der Waals surface area (Å²) >= 11 is 0. The Morgan fingerprint density at radius 2 is 2.17 bits per heavy atom. The second-order valence-corrected chi connectivity index (χ2v) is 5.76. The zero-order valence-electron chi connectivity index (χ0n) is 8.01. The molecule has 2 fully saturated rings. The van der Waals surface area contributed by atoms with E-state index in [1.807, 2.05) is 0 Å². The molecule has 3 unspecified atom stereocenters. The summed E-state index contributed by atoms with van der Waals surface area (Å²) in [5.41, 5.74) is 3.81. The van der Waals surface area contributed by atoms with E-state index in [0.717, 1.165) is 11.8 Å². The third kappa shape index (κ3) is 1.09. The van der Waals surface area contributed by atoms with Crippen LogP contribution in [-0.2, 0) is 0 Å². The highest BCUT2D eigenvalue weighted by Gasteiger charge is 2.43. The highest BCUT2D eigenvalue weighted by molar-refractivity contribution is 6.29. The zero-order valence-corrected chi connectivity index (χ0v) is 9.42. The van der Waals surface area contributed by atoms with Crippen LogP contribution < -0.4 is 0 Å². The molecular formula is C10H18OSi. The highest BCUT2D eigenvalue weighted by atomic mass is 28.2. The van der Waals surface area contributed by atoms with Gasteiger partial charge in [-0.1, -0.05) is 11.1 Å². The fourth-order valence-corrected chi connectivity index (χ4v) is 4.91. The molecule has 2 heteroatoms. The van der Waals surface area contributed by atoms with E-state index in [0.29, 0.717) is 5.54 Å². The third-order valence-electron chi connectivity index (χ3n) is 3.66. The maximum absolute atomic E-state index is 9.41. The fourth-order valence-electron chi connectivity index (χ4n) is 3.25. The van der Waals surface area contributed by atoms with Crippen LogP contribution in [-0.4, -0.2) is 14.6 Å². The molecule has 68 valence electrons. The summed E-state index contributed by atoms with van der Waals surface area (Å²) < 4.78 is 0. The van der Waals surface area contributed by atoms with Crippen molar-refractivity contribution in [3.05, 3.63) is 11.1 Å². The molecule has 0 aromatic heterocycles. The number of rotatable bonds is 1. The van der Waals surface area contributed by atoms with Gasteiger partial charge in [-0.25, -0.2) is 0 Å². The molecule has 0 radical (unpaired) electrons. The van der Waals surface area contributed by atoms with Gasteiger partial charge in [0.25, 0.3) is 0 Å². The van der Waals surface area contributed by atoms with Gasteiger partial charge < -0.3 is 4.80 Å². The monoisotopic (exact) mass is 182 g/mol. The normalized spacial score (nSPS) is 40.2. The van der Waals surface area contributed by atoms with Gasteiger partial charge in [0.1, 0.15) is 0 Å². The van der Waals surface area contributed by atoms with Crippen molar-refractivity contribution in [2.45, 2.75) is 38.7 Å². The van der Waals surface area contributed by atoms with Crippen molar-refractivity contribution in [1.82, 2.24) is 0 Å². The second-order valence-electron chi connectivity index (χ2n) is 4.51. The van der Waals surface area contributed by atoms with Crippen molar-refractivity contribution in [3.8, 4) is 0 Å². The molecule has 2 rings (SSSR count). The molecule has 0 aromatic carbocycles. The lowest BCUT2D eigenvalue weighted by molar-refractivity contribution is 0.503. The van der Waals surface area contributed by atoms with Crippen LogP contribution in [0.1, 0.15) is 33.1 Å². The molecule has 12 heavy (non-hydrogen) atoms. The van der Waals surface area contributed by atoms with Crippen molar-refractivity contribution in [1.29, 1.82) is 0 Å². The maximum Gasteiger partial charge on any atom is 0.164 e. The van der Waals surface area contributed by atoms with E-state index in [2.05, 4.69) is 13.8 Å². The van der Waals surface area contributed by atoms with Gasteiger partial charge in [-0.2, -0.15) is 0 Å². The molecule has 0 aliphatic heterocycles. The Balaban J connectivity index is 2.28. The van der Waals surface area contributed by atoms with Gasteiger partial charge in [0.15, 0.2) is 9.76 Å². The van der Waals surface area contributed by atoms with Gasteiger partial charge in [0.05, 0.1) is 0 Å². The van der Waals surface area contributed by atoms with Gasteiger partial charge in [-0.05, 0) is 50.5 Å². The summed E-state index contributed by atoms with van der Waals surface area (Å²) in [7, 11) is -0.786. The predicted molar refractivity (Wildman–Crippen MR) is 53.7 cm³/mol. The third-order valence-corrected chi connectivity index (χ3v) is 5.16. The van der Waals surface area contributed by atoms with Crippen LogP contribution in [0.15, 0.2) is 11.1 Å². The molecule has 1 N–H and O–H groups in total. The van der Waals surface area contributed by atoms with Crippen LogP contribution in [0.25, 0.3) is 0 Å². The summed E-state index contributed by atoms with van der Waals surface area (Å²) in [6, 6.07) is 0. The Morgan fingerprint density at radius 3 is 2.67 bits per heavy atom. The lowest BCUT2D eigenvalue weighted by Crippen LogP contribution is -2.15.